The number of aryl methyl sites for hydroxylation is 1. The summed E-state index contributed by atoms with van der Waals surface area (Å²) in [7, 11) is 0. The molecule has 21 heavy (non-hydrogen) atoms. The van der Waals surface area contributed by atoms with Crippen LogP contribution in [-0.2, 0) is 0 Å². The third-order valence-corrected chi connectivity index (χ3v) is 3.96. The highest BCUT2D eigenvalue weighted by Crippen LogP contribution is 2.25. The first-order chi connectivity index (χ1) is 10.1. The molecular formula is C16H12BrFN2O. The molecule has 3 nitrogen and oxygen atoms in total. The number of halogens is 2. The maximum atomic E-state index is 13.4. The van der Waals surface area contributed by atoms with E-state index in [1.54, 1.807) is 25.3 Å². The molecule has 1 heterocycles. The van der Waals surface area contributed by atoms with Gasteiger partial charge >= 0.3 is 0 Å². The van der Waals surface area contributed by atoms with Crippen LogP contribution in [0.15, 0.2) is 47.1 Å². The first-order valence-corrected chi connectivity index (χ1v) is 7.18. The Labute approximate surface area is 129 Å². The number of carbonyl (C=O) groups excluding carboxylic acids is 1. The Hall–Kier alpha value is -2.14. The van der Waals surface area contributed by atoms with Gasteiger partial charge in [0, 0.05) is 17.3 Å². The highest BCUT2D eigenvalue weighted by molar-refractivity contribution is 9.10. The van der Waals surface area contributed by atoms with Gasteiger partial charge in [-0.05, 0) is 52.7 Å². The van der Waals surface area contributed by atoms with Crippen LogP contribution >= 0.6 is 15.9 Å². The van der Waals surface area contributed by atoms with Gasteiger partial charge in [0.1, 0.15) is 5.82 Å². The van der Waals surface area contributed by atoms with Crippen molar-refractivity contribution >= 4 is 38.4 Å². The SMILES string of the molecule is Cc1cc(F)c(Br)cc1NC(=O)c1cccc2cc[nH]c12. The van der Waals surface area contributed by atoms with Gasteiger partial charge in [0.25, 0.3) is 5.91 Å². The topological polar surface area (TPSA) is 44.9 Å². The third-order valence-electron chi connectivity index (χ3n) is 3.35. The van der Waals surface area contributed by atoms with Crippen molar-refractivity contribution in [3.8, 4) is 0 Å². The fraction of sp³-hybridized carbons (Fsp3) is 0.0625. The van der Waals surface area contributed by atoms with Crippen molar-refractivity contribution in [2.24, 2.45) is 0 Å². The smallest absolute Gasteiger partial charge is 0.257 e. The lowest BCUT2D eigenvalue weighted by Gasteiger charge is -2.10. The highest BCUT2D eigenvalue weighted by Gasteiger charge is 2.13. The van der Waals surface area contributed by atoms with Gasteiger partial charge in [-0.15, -0.1) is 0 Å². The lowest BCUT2D eigenvalue weighted by Crippen LogP contribution is -2.13. The Bertz CT molecular complexity index is 841. The molecule has 1 amide bonds. The van der Waals surface area contributed by atoms with Crippen LogP contribution in [0.1, 0.15) is 15.9 Å². The maximum Gasteiger partial charge on any atom is 0.257 e. The molecule has 106 valence electrons. The van der Waals surface area contributed by atoms with Crippen molar-refractivity contribution < 1.29 is 9.18 Å². The van der Waals surface area contributed by atoms with Gasteiger partial charge < -0.3 is 10.3 Å². The second-order valence-electron chi connectivity index (χ2n) is 4.78. The monoisotopic (exact) mass is 346 g/mol. The van der Waals surface area contributed by atoms with Crippen LogP contribution in [0.4, 0.5) is 10.1 Å². The van der Waals surface area contributed by atoms with E-state index in [0.29, 0.717) is 21.3 Å². The number of para-hydroxylation sites is 1. The molecule has 0 unspecified atom stereocenters. The number of nitrogens with one attached hydrogen (secondary N) is 2. The first-order valence-electron chi connectivity index (χ1n) is 6.39. The van der Waals surface area contributed by atoms with Crippen LogP contribution in [0.3, 0.4) is 0 Å². The number of benzene rings is 2. The third kappa shape index (κ3) is 2.56. The lowest BCUT2D eigenvalue weighted by molar-refractivity contribution is 0.102. The average molecular weight is 347 g/mol. The van der Waals surface area contributed by atoms with E-state index >= 15 is 0 Å². The minimum Gasteiger partial charge on any atom is -0.361 e. The van der Waals surface area contributed by atoms with Crippen molar-refractivity contribution in [1.29, 1.82) is 0 Å². The summed E-state index contributed by atoms with van der Waals surface area (Å²) < 4.78 is 13.7. The minimum atomic E-state index is -0.350. The van der Waals surface area contributed by atoms with Crippen LogP contribution in [0.25, 0.3) is 10.9 Å². The quantitative estimate of drug-likeness (QED) is 0.698. The van der Waals surface area contributed by atoms with Crippen molar-refractivity contribution in [2.45, 2.75) is 6.92 Å². The number of fused-ring (bicyclic) bond motifs is 1. The summed E-state index contributed by atoms with van der Waals surface area (Å²) in [6, 6.07) is 10.4. The summed E-state index contributed by atoms with van der Waals surface area (Å²) in [5, 5.41) is 3.79. The van der Waals surface area contributed by atoms with E-state index in [1.165, 1.54) is 6.07 Å². The standard InChI is InChI=1S/C16H12BrFN2O/c1-9-7-13(18)12(17)8-14(9)20-16(21)11-4-2-3-10-5-6-19-15(10)11/h2-8,19H,1H3,(H,20,21). The Morgan fingerprint density at radius 3 is 2.90 bits per heavy atom. The largest absolute Gasteiger partial charge is 0.361 e. The Kier molecular flexibility index (Phi) is 3.51. The first kappa shape index (κ1) is 13.8. The molecule has 0 radical (unpaired) electrons. The van der Waals surface area contributed by atoms with Gasteiger partial charge in [-0.25, -0.2) is 4.39 Å². The van der Waals surface area contributed by atoms with Crippen molar-refractivity contribution in [3.63, 3.8) is 0 Å². The molecule has 0 saturated heterocycles. The van der Waals surface area contributed by atoms with E-state index in [0.717, 1.165) is 10.9 Å². The highest BCUT2D eigenvalue weighted by atomic mass is 79.9. The number of aromatic amines is 1. The van der Waals surface area contributed by atoms with E-state index < -0.39 is 0 Å². The molecule has 0 bridgehead atoms. The Morgan fingerprint density at radius 1 is 1.29 bits per heavy atom. The van der Waals surface area contributed by atoms with Crippen LogP contribution in [0.5, 0.6) is 0 Å². The molecule has 0 atom stereocenters. The summed E-state index contributed by atoms with van der Waals surface area (Å²) in [4.78, 5) is 15.5. The number of carbonyl (C=O) groups is 1. The van der Waals surface area contributed by atoms with Crippen molar-refractivity contribution in [2.75, 3.05) is 5.32 Å². The number of hydrogen-bond donors (Lipinski definition) is 2. The zero-order chi connectivity index (χ0) is 15.0. The summed E-state index contributed by atoms with van der Waals surface area (Å²) >= 11 is 3.13. The molecule has 5 heteroatoms. The number of rotatable bonds is 2. The van der Waals surface area contributed by atoms with E-state index in [4.69, 9.17) is 0 Å². The Morgan fingerprint density at radius 2 is 2.10 bits per heavy atom. The molecule has 0 spiro atoms. The van der Waals surface area contributed by atoms with Crippen LogP contribution in [-0.4, -0.2) is 10.9 Å². The Balaban J connectivity index is 1.97. The predicted molar refractivity (Wildman–Crippen MR) is 85.1 cm³/mol. The molecule has 2 aromatic carbocycles. The molecule has 1 aromatic heterocycles. The molecule has 0 aliphatic rings. The molecular weight excluding hydrogens is 335 g/mol. The zero-order valence-corrected chi connectivity index (χ0v) is 12.8. The molecule has 0 aliphatic carbocycles. The summed E-state index contributed by atoms with van der Waals surface area (Å²) in [5.41, 5.74) is 2.59. The normalized spacial score (nSPS) is 10.8. The molecule has 3 aromatic rings. The number of hydrogen-bond acceptors (Lipinski definition) is 1. The molecule has 2 N–H and O–H groups in total. The van der Waals surface area contributed by atoms with Crippen LogP contribution in [0.2, 0.25) is 0 Å². The molecule has 3 rings (SSSR count). The number of aromatic nitrogens is 1. The lowest BCUT2D eigenvalue weighted by atomic mass is 10.1. The van der Waals surface area contributed by atoms with E-state index in [1.807, 2.05) is 18.2 Å². The molecule has 0 fully saturated rings. The summed E-state index contributed by atoms with van der Waals surface area (Å²) in [5.74, 6) is -0.582. The second-order valence-corrected chi connectivity index (χ2v) is 5.64. The maximum absolute atomic E-state index is 13.4. The van der Waals surface area contributed by atoms with Gasteiger partial charge in [0.2, 0.25) is 0 Å². The molecule has 0 saturated carbocycles. The van der Waals surface area contributed by atoms with Crippen LogP contribution < -0.4 is 5.32 Å². The average Bonchev–Trinajstić information content (AvgIpc) is 2.92. The van der Waals surface area contributed by atoms with Gasteiger partial charge in [-0.3, -0.25) is 4.79 Å². The van der Waals surface area contributed by atoms with Gasteiger partial charge in [0.15, 0.2) is 0 Å². The summed E-state index contributed by atoms with van der Waals surface area (Å²) in [6.45, 7) is 1.75. The summed E-state index contributed by atoms with van der Waals surface area (Å²) in [6.07, 6.45) is 1.79. The van der Waals surface area contributed by atoms with Crippen molar-refractivity contribution in [3.05, 3.63) is 64.0 Å². The van der Waals surface area contributed by atoms with E-state index in [9.17, 15) is 9.18 Å². The predicted octanol–water partition coefficient (Wildman–Crippen LogP) is 4.63. The number of amides is 1. The number of anilines is 1. The van der Waals surface area contributed by atoms with Crippen molar-refractivity contribution in [1.82, 2.24) is 4.98 Å². The van der Waals surface area contributed by atoms with Gasteiger partial charge in [-0.1, -0.05) is 12.1 Å². The van der Waals surface area contributed by atoms with Crippen LogP contribution in [0, 0.1) is 12.7 Å². The number of H-pyrrole nitrogens is 1. The fourth-order valence-corrected chi connectivity index (χ4v) is 2.59. The van der Waals surface area contributed by atoms with Gasteiger partial charge in [0.05, 0.1) is 15.6 Å². The zero-order valence-electron chi connectivity index (χ0n) is 11.2. The van der Waals surface area contributed by atoms with E-state index in [2.05, 4.69) is 26.2 Å². The molecule has 0 aliphatic heterocycles. The minimum absolute atomic E-state index is 0.232. The van der Waals surface area contributed by atoms with Gasteiger partial charge in [-0.2, -0.15) is 0 Å². The fourth-order valence-electron chi connectivity index (χ4n) is 2.24. The second kappa shape index (κ2) is 5.33. The van der Waals surface area contributed by atoms with E-state index in [-0.39, 0.29) is 11.7 Å².